The van der Waals surface area contributed by atoms with Gasteiger partial charge in [0.25, 0.3) is 0 Å². The van der Waals surface area contributed by atoms with E-state index >= 15 is 0 Å². The van der Waals surface area contributed by atoms with Crippen molar-refractivity contribution in [2.75, 3.05) is 0 Å². The van der Waals surface area contributed by atoms with Crippen LogP contribution in [0.5, 0.6) is 0 Å². The molecule has 0 N–H and O–H groups in total. The lowest BCUT2D eigenvalue weighted by Crippen LogP contribution is -1.98. The molecule has 1 aromatic carbocycles. The van der Waals surface area contributed by atoms with E-state index in [1.165, 1.54) is 0 Å². The molecule has 0 amide bonds. The number of halogens is 1. The summed E-state index contributed by atoms with van der Waals surface area (Å²) in [5, 5.41) is -0.0511. The number of aryl methyl sites for hydroxylation is 1. The van der Waals surface area contributed by atoms with Crippen LogP contribution in [-0.4, -0.2) is 9.97 Å². The van der Waals surface area contributed by atoms with Crippen molar-refractivity contribution in [2.24, 2.45) is 0 Å². The lowest BCUT2D eigenvalue weighted by molar-refractivity contribution is 0.976. The van der Waals surface area contributed by atoms with Gasteiger partial charge in [0.15, 0.2) is 5.82 Å². The maximum absolute atomic E-state index is 6.03. The summed E-state index contributed by atoms with van der Waals surface area (Å²) in [6.07, 6.45) is 1.81. The predicted octanol–water partition coefficient (Wildman–Crippen LogP) is 3.75. The second-order valence-corrected chi connectivity index (χ2v) is 4.37. The van der Waals surface area contributed by atoms with Gasteiger partial charge in [0.2, 0.25) is 0 Å². The van der Waals surface area contributed by atoms with E-state index in [-0.39, 0.29) is 5.38 Å². The quantitative estimate of drug-likeness (QED) is 0.737. The predicted molar refractivity (Wildman–Crippen MR) is 66.5 cm³/mol. The third kappa shape index (κ3) is 2.22. The van der Waals surface area contributed by atoms with E-state index in [1.54, 1.807) is 0 Å². The Morgan fingerprint density at radius 3 is 2.44 bits per heavy atom. The molecule has 2 rings (SSSR count). The fourth-order valence-corrected chi connectivity index (χ4v) is 1.81. The molecule has 0 saturated carbocycles. The van der Waals surface area contributed by atoms with Gasteiger partial charge in [0.05, 0.1) is 5.38 Å². The van der Waals surface area contributed by atoms with E-state index in [4.69, 9.17) is 11.6 Å². The van der Waals surface area contributed by atoms with Crippen LogP contribution in [0.1, 0.15) is 23.6 Å². The minimum atomic E-state index is -0.0511. The van der Waals surface area contributed by atoms with Crippen molar-refractivity contribution in [1.29, 1.82) is 0 Å². The van der Waals surface area contributed by atoms with E-state index in [2.05, 4.69) is 9.97 Å². The van der Waals surface area contributed by atoms with E-state index in [1.807, 2.05) is 50.4 Å². The highest BCUT2D eigenvalue weighted by molar-refractivity contribution is 6.20. The van der Waals surface area contributed by atoms with Gasteiger partial charge in [-0.1, -0.05) is 30.3 Å². The molecule has 0 fully saturated rings. The summed E-state index contributed by atoms with van der Waals surface area (Å²) in [6.45, 7) is 3.89. The Morgan fingerprint density at radius 1 is 1.19 bits per heavy atom. The van der Waals surface area contributed by atoms with Crippen molar-refractivity contribution in [2.45, 2.75) is 19.2 Å². The Morgan fingerprint density at radius 2 is 1.88 bits per heavy atom. The van der Waals surface area contributed by atoms with Gasteiger partial charge in [-0.15, -0.1) is 11.6 Å². The number of alkyl halides is 1. The van der Waals surface area contributed by atoms with Gasteiger partial charge in [-0.05, 0) is 13.8 Å². The lowest BCUT2D eigenvalue weighted by atomic mass is 10.1. The molecule has 16 heavy (non-hydrogen) atoms. The summed E-state index contributed by atoms with van der Waals surface area (Å²) >= 11 is 6.03. The molecular formula is C13H13ClN2. The molecular weight excluding hydrogens is 220 g/mol. The Bertz CT molecular complexity index is 481. The second kappa shape index (κ2) is 4.62. The van der Waals surface area contributed by atoms with Crippen LogP contribution in [0.2, 0.25) is 0 Å². The molecule has 0 aliphatic carbocycles. The normalized spacial score (nSPS) is 12.4. The third-order valence-electron chi connectivity index (χ3n) is 2.48. The highest BCUT2D eigenvalue weighted by atomic mass is 35.5. The van der Waals surface area contributed by atoms with Crippen LogP contribution in [0.25, 0.3) is 11.4 Å². The Hall–Kier alpha value is -1.41. The smallest absolute Gasteiger partial charge is 0.159 e. The molecule has 1 unspecified atom stereocenters. The average Bonchev–Trinajstić information content (AvgIpc) is 2.29. The summed E-state index contributed by atoms with van der Waals surface area (Å²) in [5.74, 6) is 0.749. The van der Waals surface area contributed by atoms with Crippen LogP contribution >= 0.6 is 11.6 Å². The zero-order chi connectivity index (χ0) is 11.5. The summed E-state index contributed by atoms with van der Waals surface area (Å²) in [7, 11) is 0. The van der Waals surface area contributed by atoms with Crippen LogP contribution in [0.4, 0.5) is 0 Å². The summed E-state index contributed by atoms with van der Waals surface area (Å²) in [4.78, 5) is 8.80. The molecule has 0 spiro atoms. The van der Waals surface area contributed by atoms with E-state index in [0.717, 1.165) is 22.6 Å². The maximum Gasteiger partial charge on any atom is 0.159 e. The van der Waals surface area contributed by atoms with Crippen LogP contribution < -0.4 is 0 Å². The topological polar surface area (TPSA) is 25.8 Å². The summed E-state index contributed by atoms with van der Waals surface area (Å²) in [5.41, 5.74) is 2.96. The van der Waals surface area contributed by atoms with E-state index in [0.29, 0.717) is 0 Å². The van der Waals surface area contributed by atoms with Crippen LogP contribution in [0.3, 0.4) is 0 Å². The van der Waals surface area contributed by atoms with Crippen molar-refractivity contribution in [1.82, 2.24) is 9.97 Å². The highest BCUT2D eigenvalue weighted by Gasteiger charge is 2.08. The van der Waals surface area contributed by atoms with Crippen molar-refractivity contribution >= 4 is 11.6 Å². The molecule has 0 saturated heterocycles. The summed E-state index contributed by atoms with van der Waals surface area (Å²) < 4.78 is 0. The van der Waals surface area contributed by atoms with Gasteiger partial charge in [-0.25, -0.2) is 9.97 Å². The first kappa shape index (κ1) is 11.1. The second-order valence-electron chi connectivity index (χ2n) is 3.72. The van der Waals surface area contributed by atoms with Crippen molar-refractivity contribution in [3.8, 4) is 11.4 Å². The zero-order valence-electron chi connectivity index (χ0n) is 9.31. The molecule has 0 radical (unpaired) electrons. The third-order valence-corrected chi connectivity index (χ3v) is 2.71. The maximum atomic E-state index is 6.03. The number of hydrogen-bond acceptors (Lipinski definition) is 2. The number of rotatable bonds is 2. The fourth-order valence-electron chi connectivity index (χ4n) is 1.59. The molecule has 0 aliphatic rings. The van der Waals surface area contributed by atoms with E-state index in [9.17, 15) is 0 Å². The largest absolute Gasteiger partial charge is 0.236 e. The average molecular weight is 233 g/mol. The van der Waals surface area contributed by atoms with E-state index < -0.39 is 0 Å². The molecule has 1 heterocycles. The number of benzene rings is 1. The fraction of sp³-hybridized carbons (Fsp3) is 0.231. The molecule has 2 aromatic rings. The standard InChI is InChI=1S/C13H13ClN2/c1-9(14)12-8-15-13(16-10(12)2)11-6-4-3-5-7-11/h3-9H,1-2H3. The lowest BCUT2D eigenvalue weighted by Gasteiger charge is -2.08. The molecule has 1 atom stereocenters. The monoisotopic (exact) mass is 232 g/mol. The highest BCUT2D eigenvalue weighted by Crippen LogP contribution is 2.23. The van der Waals surface area contributed by atoms with Crippen molar-refractivity contribution in [3.05, 3.63) is 47.8 Å². The number of nitrogens with zero attached hydrogens (tertiary/aromatic N) is 2. The number of aromatic nitrogens is 2. The minimum absolute atomic E-state index is 0.0511. The first-order valence-electron chi connectivity index (χ1n) is 5.21. The Kier molecular flexibility index (Phi) is 3.20. The first-order chi connectivity index (χ1) is 7.68. The van der Waals surface area contributed by atoms with Crippen molar-refractivity contribution < 1.29 is 0 Å². The minimum Gasteiger partial charge on any atom is -0.236 e. The Labute approximate surface area is 100 Å². The van der Waals surface area contributed by atoms with Gasteiger partial charge in [-0.3, -0.25) is 0 Å². The SMILES string of the molecule is Cc1nc(-c2ccccc2)ncc1C(C)Cl. The van der Waals surface area contributed by atoms with Gasteiger partial charge >= 0.3 is 0 Å². The van der Waals surface area contributed by atoms with Gasteiger partial charge in [0, 0.05) is 23.0 Å². The molecule has 0 bridgehead atoms. The van der Waals surface area contributed by atoms with Gasteiger partial charge in [0.1, 0.15) is 0 Å². The molecule has 1 aromatic heterocycles. The van der Waals surface area contributed by atoms with Crippen LogP contribution in [-0.2, 0) is 0 Å². The zero-order valence-corrected chi connectivity index (χ0v) is 10.1. The first-order valence-corrected chi connectivity index (χ1v) is 5.65. The van der Waals surface area contributed by atoms with Gasteiger partial charge in [-0.2, -0.15) is 0 Å². The van der Waals surface area contributed by atoms with Crippen LogP contribution in [0.15, 0.2) is 36.5 Å². The molecule has 3 heteroatoms. The molecule has 2 nitrogen and oxygen atoms in total. The number of hydrogen-bond donors (Lipinski definition) is 0. The molecule has 0 aliphatic heterocycles. The summed E-state index contributed by atoms with van der Waals surface area (Å²) in [6, 6.07) is 9.93. The molecule has 82 valence electrons. The van der Waals surface area contributed by atoms with Crippen LogP contribution in [0, 0.1) is 6.92 Å². The van der Waals surface area contributed by atoms with Crippen molar-refractivity contribution in [3.63, 3.8) is 0 Å². The Balaban J connectivity index is 2.43. The van der Waals surface area contributed by atoms with Gasteiger partial charge < -0.3 is 0 Å².